The third-order valence-corrected chi connectivity index (χ3v) is 2.08. The Morgan fingerprint density at radius 2 is 2.25 bits per heavy atom. The van der Waals surface area contributed by atoms with Gasteiger partial charge in [-0.3, -0.25) is 4.57 Å². The summed E-state index contributed by atoms with van der Waals surface area (Å²) in [5, 5.41) is 7.03. The average molecular weight is 173 g/mol. The SMILES string of the molecule is FC1CCCC(F)n2cnnc21. The molecule has 2 atom stereocenters. The van der Waals surface area contributed by atoms with E-state index in [1.807, 2.05) is 0 Å². The summed E-state index contributed by atoms with van der Waals surface area (Å²) in [5.41, 5.74) is 0. The Kier molecular flexibility index (Phi) is 1.78. The number of nitrogens with zero attached hydrogens (tertiary/aromatic N) is 3. The molecular formula is C7H9F2N3. The van der Waals surface area contributed by atoms with Gasteiger partial charge in [-0.05, 0) is 19.3 Å². The van der Waals surface area contributed by atoms with E-state index in [0.29, 0.717) is 19.3 Å². The van der Waals surface area contributed by atoms with Crippen molar-refractivity contribution in [2.24, 2.45) is 0 Å². The van der Waals surface area contributed by atoms with E-state index in [4.69, 9.17) is 0 Å². The van der Waals surface area contributed by atoms with Gasteiger partial charge in [-0.15, -0.1) is 10.2 Å². The Labute approximate surface area is 68.4 Å². The number of fused-ring (bicyclic) bond motifs is 1. The lowest BCUT2D eigenvalue weighted by Gasteiger charge is -2.06. The number of hydrogen-bond donors (Lipinski definition) is 0. The van der Waals surface area contributed by atoms with Crippen molar-refractivity contribution in [1.29, 1.82) is 0 Å². The van der Waals surface area contributed by atoms with E-state index in [2.05, 4.69) is 10.2 Å². The minimum absolute atomic E-state index is 0.125. The first-order valence-corrected chi connectivity index (χ1v) is 3.96. The van der Waals surface area contributed by atoms with Crippen LogP contribution in [0.15, 0.2) is 6.33 Å². The Morgan fingerprint density at radius 1 is 1.42 bits per heavy atom. The molecular weight excluding hydrogens is 164 g/mol. The van der Waals surface area contributed by atoms with Crippen LogP contribution in [0.25, 0.3) is 0 Å². The maximum absolute atomic E-state index is 13.2. The van der Waals surface area contributed by atoms with E-state index >= 15 is 0 Å². The van der Waals surface area contributed by atoms with Crippen molar-refractivity contribution in [1.82, 2.24) is 14.8 Å². The van der Waals surface area contributed by atoms with Gasteiger partial charge in [0.25, 0.3) is 0 Å². The fourth-order valence-corrected chi connectivity index (χ4v) is 1.43. The van der Waals surface area contributed by atoms with Gasteiger partial charge < -0.3 is 0 Å². The molecule has 5 heteroatoms. The summed E-state index contributed by atoms with van der Waals surface area (Å²) in [7, 11) is 0. The number of alkyl halides is 2. The Bertz CT molecular complexity index is 249. The van der Waals surface area contributed by atoms with Gasteiger partial charge >= 0.3 is 0 Å². The largest absolute Gasteiger partial charge is 0.283 e. The molecule has 0 N–H and O–H groups in total. The van der Waals surface area contributed by atoms with Crippen molar-refractivity contribution in [3.63, 3.8) is 0 Å². The zero-order valence-electron chi connectivity index (χ0n) is 6.45. The van der Waals surface area contributed by atoms with Crippen molar-refractivity contribution in [2.45, 2.75) is 31.7 Å². The quantitative estimate of drug-likeness (QED) is 0.600. The molecule has 0 radical (unpaired) electrons. The molecule has 66 valence electrons. The third kappa shape index (κ3) is 1.09. The smallest absolute Gasteiger partial charge is 0.178 e. The summed E-state index contributed by atoms with van der Waals surface area (Å²) < 4.78 is 27.5. The standard InChI is InChI=1S/C7H9F2N3/c8-5-2-1-3-6(9)12-4-10-11-7(5)12/h4-6H,1-3H2. The molecule has 1 aliphatic rings. The highest BCUT2D eigenvalue weighted by Crippen LogP contribution is 2.31. The number of halogens is 2. The average Bonchev–Trinajstić information content (AvgIpc) is 2.47. The van der Waals surface area contributed by atoms with Crippen molar-refractivity contribution < 1.29 is 8.78 Å². The van der Waals surface area contributed by atoms with Gasteiger partial charge in [0, 0.05) is 0 Å². The molecule has 1 aromatic rings. The van der Waals surface area contributed by atoms with E-state index in [9.17, 15) is 8.78 Å². The first kappa shape index (κ1) is 7.64. The normalized spacial score (nSPS) is 29.5. The molecule has 1 aliphatic heterocycles. The van der Waals surface area contributed by atoms with E-state index in [1.165, 1.54) is 10.9 Å². The summed E-state index contributed by atoms with van der Waals surface area (Å²) in [5.74, 6) is 0.125. The van der Waals surface area contributed by atoms with Crippen molar-refractivity contribution in [3.8, 4) is 0 Å². The first-order chi connectivity index (χ1) is 5.79. The van der Waals surface area contributed by atoms with Gasteiger partial charge in [-0.2, -0.15) is 0 Å². The lowest BCUT2D eigenvalue weighted by atomic mass is 10.2. The van der Waals surface area contributed by atoms with Crippen LogP contribution in [0.5, 0.6) is 0 Å². The maximum atomic E-state index is 13.2. The zero-order chi connectivity index (χ0) is 8.55. The second-order valence-corrected chi connectivity index (χ2v) is 2.93. The van der Waals surface area contributed by atoms with Gasteiger partial charge in [0.15, 0.2) is 18.3 Å². The number of aromatic nitrogens is 3. The predicted octanol–water partition coefficient (Wildman–Crippen LogP) is 1.94. The summed E-state index contributed by atoms with van der Waals surface area (Å²) in [4.78, 5) is 0. The van der Waals surface area contributed by atoms with Crippen LogP contribution in [0.4, 0.5) is 8.78 Å². The fourth-order valence-electron chi connectivity index (χ4n) is 1.43. The molecule has 1 aromatic heterocycles. The Balaban J connectivity index is 2.39. The molecule has 0 aromatic carbocycles. The van der Waals surface area contributed by atoms with E-state index < -0.39 is 12.5 Å². The topological polar surface area (TPSA) is 30.7 Å². The monoisotopic (exact) mass is 173 g/mol. The molecule has 2 heterocycles. The molecule has 0 saturated heterocycles. The Morgan fingerprint density at radius 3 is 3.08 bits per heavy atom. The van der Waals surface area contributed by atoms with Gasteiger partial charge in [0.1, 0.15) is 6.33 Å². The molecule has 0 amide bonds. The minimum Gasteiger partial charge on any atom is -0.283 e. The highest BCUT2D eigenvalue weighted by Gasteiger charge is 2.25. The van der Waals surface area contributed by atoms with Gasteiger partial charge in [0.05, 0.1) is 0 Å². The van der Waals surface area contributed by atoms with Gasteiger partial charge in [-0.25, -0.2) is 8.78 Å². The molecule has 2 rings (SSSR count). The van der Waals surface area contributed by atoms with Crippen LogP contribution < -0.4 is 0 Å². The second-order valence-electron chi connectivity index (χ2n) is 2.93. The molecule has 0 fully saturated rings. The maximum Gasteiger partial charge on any atom is 0.178 e. The van der Waals surface area contributed by atoms with Gasteiger partial charge in [0.2, 0.25) is 0 Å². The summed E-state index contributed by atoms with van der Waals surface area (Å²) in [6.07, 6.45) is 0.192. The van der Waals surface area contributed by atoms with Crippen molar-refractivity contribution in [2.75, 3.05) is 0 Å². The van der Waals surface area contributed by atoms with E-state index in [0.717, 1.165) is 0 Å². The summed E-state index contributed by atoms with van der Waals surface area (Å²) in [6.45, 7) is 0. The first-order valence-electron chi connectivity index (χ1n) is 3.96. The molecule has 2 unspecified atom stereocenters. The molecule has 0 bridgehead atoms. The van der Waals surface area contributed by atoms with E-state index in [-0.39, 0.29) is 5.82 Å². The lowest BCUT2D eigenvalue weighted by Crippen LogP contribution is -2.05. The van der Waals surface area contributed by atoms with Crippen LogP contribution in [0, 0.1) is 0 Å². The van der Waals surface area contributed by atoms with Crippen LogP contribution in [-0.2, 0) is 0 Å². The highest BCUT2D eigenvalue weighted by molar-refractivity contribution is 4.94. The predicted molar refractivity (Wildman–Crippen MR) is 37.9 cm³/mol. The van der Waals surface area contributed by atoms with Crippen LogP contribution in [-0.4, -0.2) is 14.8 Å². The number of hydrogen-bond acceptors (Lipinski definition) is 2. The van der Waals surface area contributed by atoms with Crippen molar-refractivity contribution >= 4 is 0 Å². The third-order valence-electron chi connectivity index (χ3n) is 2.08. The van der Waals surface area contributed by atoms with Crippen LogP contribution in [0.2, 0.25) is 0 Å². The molecule has 3 nitrogen and oxygen atoms in total. The molecule has 0 aliphatic carbocycles. The van der Waals surface area contributed by atoms with Crippen LogP contribution in [0.1, 0.15) is 37.6 Å². The minimum atomic E-state index is -1.16. The molecule has 0 spiro atoms. The fraction of sp³-hybridized carbons (Fsp3) is 0.714. The van der Waals surface area contributed by atoms with Crippen molar-refractivity contribution in [3.05, 3.63) is 12.2 Å². The molecule has 12 heavy (non-hydrogen) atoms. The molecule has 0 saturated carbocycles. The van der Waals surface area contributed by atoms with Crippen LogP contribution >= 0.6 is 0 Å². The number of rotatable bonds is 0. The zero-order valence-corrected chi connectivity index (χ0v) is 6.45. The summed E-state index contributed by atoms with van der Waals surface area (Å²) >= 11 is 0. The summed E-state index contributed by atoms with van der Waals surface area (Å²) in [6, 6.07) is 0. The van der Waals surface area contributed by atoms with Crippen LogP contribution in [0.3, 0.4) is 0 Å². The highest BCUT2D eigenvalue weighted by atomic mass is 19.1. The second kappa shape index (κ2) is 2.80. The van der Waals surface area contributed by atoms with Gasteiger partial charge in [-0.1, -0.05) is 0 Å². The lowest BCUT2D eigenvalue weighted by molar-refractivity contribution is 0.222. The van der Waals surface area contributed by atoms with E-state index in [1.54, 1.807) is 0 Å². The Hall–Kier alpha value is -1.00.